The number of amides is 2. The molecule has 2 heterocycles. The van der Waals surface area contributed by atoms with E-state index in [4.69, 9.17) is 4.52 Å². The topological polar surface area (TPSA) is 75.4 Å². The van der Waals surface area contributed by atoms with Crippen LogP contribution in [-0.2, 0) is 11.2 Å². The summed E-state index contributed by atoms with van der Waals surface area (Å²) in [5.74, 6) is -0.523. The van der Waals surface area contributed by atoms with E-state index >= 15 is 0 Å². The predicted molar refractivity (Wildman–Crippen MR) is 83.7 cm³/mol. The van der Waals surface area contributed by atoms with Gasteiger partial charge in [0.1, 0.15) is 5.82 Å². The quantitative estimate of drug-likeness (QED) is 0.875. The van der Waals surface area contributed by atoms with Gasteiger partial charge < -0.3 is 14.7 Å². The number of nitrogens with zero attached hydrogens (tertiary/aromatic N) is 2. The molecule has 3 rings (SSSR count). The zero-order valence-electron chi connectivity index (χ0n) is 13.1. The van der Waals surface area contributed by atoms with Crippen molar-refractivity contribution in [3.63, 3.8) is 0 Å². The summed E-state index contributed by atoms with van der Waals surface area (Å²) >= 11 is 0. The van der Waals surface area contributed by atoms with E-state index in [-0.39, 0.29) is 36.0 Å². The molecule has 2 amide bonds. The lowest BCUT2D eigenvalue weighted by Crippen LogP contribution is -2.45. The molecule has 0 radical (unpaired) electrons. The Labute approximate surface area is 138 Å². The zero-order valence-corrected chi connectivity index (χ0v) is 13.1. The molecule has 1 N–H and O–H groups in total. The third-order valence-corrected chi connectivity index (χ3v) is 4.07. The maximum Gasteiger partial charge on any atom is 0.289 e. The number of halogens is 1. The maximum absolute atomic E-state index is 13.4. The van der Waals surface area contributed by atoms with E-state index in [9.17, 15) is 14.0 Å². The molecule has 1 aromatic carbocycles. The number of rotatable bonds is 6. The molecule has 0 aliphatic carbocycles. The lowest BCUT2D eigenvalue weighted by atomic mass is 10.0. The number of aromatic nitrogens is 1. The van der Waals surface area contributed by atoms with Gasteiger partial charge in [-0.25, -0.2) is 4.39 Å². The fourth-order valence-corrected chi connectivity index (χ4v) is 2.91. The van der Waals surface area contributed by atoms with Crippen LogP contribution in [0.25, 0.3) is 0 Å². The van der Waals surface area contributed by atoms with Gasteiger partial charge in [0, 0.05) is 25.6 Å². The maximum atomic E-state index is 13.4. The first-order chi connectivity index (χ1) is 11.6. The van der Waals surface area contributed by atoms with Gasteiger partial charge in [-0.15, -0.1) is 0 Å². The van der Waals surface area contributed by atoms with Gasteiger partial charge in [-0.1, -0.05) is 17.3 Å². The average Bonchev–Trinajstić information content (AvgIpc) is 3.23. The Hall–Kier alpha value is -2.70. The van der Waals surface area contributed by atoms with Crippen LogP contribution >= 0.6 is 0 Å². The van der Waals surface area contributed by atoms with Gasteiger partial charge in [0.25, 0.3) is 5.91 Å². The second-order valence-corrected chi connectivity index (χ2v) is 5.77. The molecule has 1 unspecified atom stereocenters. The molecule has 1 saturated heterocycles. The highest BCUT2D eigenvalue weighted by molar-refractivity contribution is 5.91. The minimum absolute atomic E-state index is 0.0605. The highest BCUT2D eigenvalue weighted by Crippen LogP contribution is 2.17. The Morgan fingerprint density at radius 3 is 2.96 bits per heavy atom. The Bertz CT molecular complexity index is 718. The van der Waals surface area contributed by atoms with Crippen LogP contribution < -0.4 is 5.32 Å². The van der Waals surface area contributed by atoms with Crippen molar-refractivity contribution < 1.29 is 18.5 Å². The van der Waals surface area contributed by atoms with E-state index in [1.807, 2.05) is 6.07 Å². The predicted octanol–water partition coefficient (Wildman–Crippen LogP) is 1.78. The highest BCUT2D eigenvalue weighted by Gasteiger charge is 2.28. The molecule has 1 aliphatic heterocycles. The number of carbonyl (C=O) groups excluding carboxylic acids is 2. The van der Waals surface area contributed by atoms with E-state index in [0.29, 0.717) is 19.4 Å². The summed E-state index contributed by atoms with van der Waals surface area (Å²) in [5, 5.41) is 6.25. The molecular formula is C17H18FN3O3. The van der Waals surface area contributed by atoms with Gasteiger partial charge in [-0.05, 0) is 30.5 Å². The van der Waals surface area contributed by atoms with Gasteiger partial charge in [-0.3, -0.25) is 9.59 Å². The van der Waals surface area contributed by atoms with Crippen LogP contribution in [0.1, 0.15) is 29.0 Å². The summed E-state index contributed by atoms with van der Waals surface area (Å²) < 4.78 is 18.2. The van der Waals surface area contributed by atoms with Crippen molar-refractivity contribution >= 4 is 11.8 Å². The fraction of sp³-hybridized carbons (Fsp3) is 0.353. The van der Waals surface area contributed by atoms with Crippen LogP contribution in [0.4, 0.5) is 4.39 Å². The number of carbonyl (C=O) groups is 2. The second kappa shape index (κ2) is 7.25. The summed E-state index contributed by atoms with van der Waals surface area (Å²) in [4.78, 5) is 25.8. The molecule has 1 aliphatic rings. The molecule has 126 valence electrons. The van der Waals surface area contributed by atoms with Crippen molar-refractivity contribution in [3.8, 4) is 0 Å². The minimum atomic E-state index is -0.386. The third kappa shape index (κ3) is 3.79. The molecule has 6 nitrogen and oxygen atoms in total. The van der Waals surface area contributed by atoms with Crippen molar-refractivity contribution in [2.75, 3.05) is 13.1 Å². The minimum Gasteiger partial charge on any atom is -0.351 e. The van der Waals surface area contributed by atoms with Gasteiger partial charge >= 0.3 is 0 Å². The molecular weight excluding hydrogens is 313 g/mol. The van der Waals surface area contributed by atoms with Crippen LogP contribution in [0, 0.1) is 5.82 Å². The Morgan fingerprint density at radius 2 is 2.29 bits per heavy atom. The molecule has 2 aromatic rings. The smallest absolute Gasteiger partial charge is 0.289 e. The zero-order chi connectivity index (χ0) is 16.9. The van der Waals surface area contributed by atoms with Crippen molar-refractivity contribution in [1.82, 2.24) is 15.4 Å². The van der Waals surface area contributed by atoms with E-state index in [2.05, 4.69) is 10.5 Å². The standard InChI is InChI=1S/C17H18FN3O3/c18-13-4-1-3-12(9-13)10-14(21-8-2-5-16(21)22)11-19-17(23)15-6-7-20-24-15/h1,3-4,6-7,9,14H,2,5,8,10-11H2,(H,19,23). The average molecular weight is 331 g/mol. The number of hydrogen-bond donors (Lipinski definition) is 1. The SMILES string of the molecule is O=C(NCC(Cc1cccc(F)c1)N1CCCC1=O)c1ccno1. The van der Waals surface area contributed by atoms with Gasteiger partial charge in [0.05, 0.1) is 12.2 Å². The van der Waals surface area contributed by atoms with Gasteiger partial charge in [0.15, 0.2) is 0 Å². The summed E-state index contributed by atoms with van der Waals surface area (Å²) in [5.41, 5.74) is 0.786. The number of likely N-dealkylation sites (tertiary alicyclic amines) is 1. The third-order valence-electron chi connectivity index (χ3n) is 4.07. The van der Waals surface area contributed by atoms with Crippen LogP contribution in [0.15, 0.2) is 41.1 Å². The number of hydrogen-bond acceptors (Lipinski definition) is 4. The van der Waals surface area contributed by atoms with Gasteiger partial charge in [0.2, 0.25) is 11.7 Å². The summed E-state index contributed by atoms with van der Waals surface area (Å²) in [6.07, 6.45) is 3.17. The lowest BCUT2D eigenvalue weighted by Gasteiger charge is -2.28. The van der Waals surface area contributed by atoms with Crippen LogP contribution in [0.5, 0.6) is 0 Å². The first-order valence-electron chi connectivity index (χ1n) is 7.86. The second-order valence-electron chi connectivity index (χ2n) is 5.77. The molecule has 0 spiro atoms. The Morgan fingerprint density at radius 1 is 1.42 bits per heavy atom. The number of nitrogens with one attached hydrogen (secondary N) is 1. The number of benzene rings is 1. The largest absolute Gasteiger partial charge is 0.351 e. The van der Waals surface area contributed by atoms with E-state index in [1.54, 1.807) is 11.0 Å². The van der Waals surface area contributed by atoms with Gasteiger partial charge in [-0.2, -0.15) is 0 Å². The molecule has 1 aromatic heterocycles. The highest BCUT2D eigenvalue weighted by atomic mass is 19.1. The Balaban J connectivity index is 1.70. The van der Waals surface area contributed by atoms with Crippen molar-refractivity contribution in [1.29, 1.82) is 0 Å². The fourth-order valence-electron chi connectivity index (χ4n) is 2.91. The summed E-state index contributed by atoms with van der Waals surface area (Å²) in [6, 6.07) is 7.53. The molecule has 1 fully saturated rings. The van der Waals surface area contributed by atoms with Crippen molar-refractivity contribution in [3.05, 3.63) is 53.7 Å². The van der Waals surface area contributed by atoms with E-state index < -0.39 is 0 Å². The van der Waals surface area contributed by atoms with Crippen molar-refractivity contribution in [2.45, 2.75) is 25.3 Å². The monoisotopic (exact) mass is 331 g/mol. The first kappa shape index (κ1) is 16.2. The normalized spacial score (nSPS) is 15.5. The summed E-state index contributed by atoms with van der Waals surface area (Å²) in [6.45, 7) is 0.915. The molecule has 0 saturated carbocycles. The first-order valence-corrected chi connectivity index (χ1v) is 7.86. The molecule has 7 heteroatoms. The van der Waals surface area contributed by atoms with E-state index in [1.165, 1.54) is 24.4 Å². The van der Waals surface area contributed by atoms with E-state index in [0.717, 1.165) is 12.0 Å². The summed E-state index contributed by atoms with van der Waals surface area (Å²) in [7, 11) is 0. The molecule has 24 heavy (non-hydrogen) atoms. The molecule has 1 atom stereocenters. The lowest BCUT2D eigenvalue weighted by molar-refractivity contribution is -0.129. The van der Waals surface area contributed by atoms with Crippen LogP contribution in [0.3, 0.4) is 0 Å². The Kier molecular flexibility index (Phi) is 4.88. The van der Waals surface area contributed by atoms with Crippen LogP contribution in [0.2, 0.25) is 0 Å². The molecule has 0 bridgehead atoms. The van der Waals surface area contributed by atoms with Crippen molar-refractivity contribution in [2.24, 2.45) is 0 Å². The van der Waals surface area contributed by atoms with Crippen LogP contribution in [-0.4, -0.2) is 41.0 Å².